The lowest BCUT2D eigenvalue weighted by atomic mass is 9.98. The van der Waals surface area contributed by atoms with Gasteiger partial charge >= 0.3 is 0 Å². The number of fused-ring (bicyclic) bond motifs is 3. The number of nitrogens with one attached hydrogen (secondary N) is 1. The first-order valence-electron chi connectivity index (χ1n) is 7.18. The molecule has 1 aliphatic heterocycles. The summed E-state index contributed by atoms with van der Waals surface area (Å²) in [7, 11) is 0. The molecule has 0 spiro atoms. The molecule has 0 radical (unpaired) electrons. The zero-order valence-corrected chi connectivity index (χ0v) is 11.4. The van der Waals surface area contributed by atoms with Crippen LogP contribution in [0.5, 0.6) is 5.75 Å². The third-order valence-electron chi connectivity index (χ3n) is 4.04. The van der Waals surface area contributed by atoms with Gasteiger partial charge in [-0.3, -0.25) is 5.32 Å². The molecule has 0 aromatic heterocycles. The Labute approximate surface area is 114 Å². The van der Waals surface area contributed by atoms with E-state index in [0.29, 0.717) is 0 Å². The zero-order valence-electron chi connectivity index (χ0n) is 11.4. The van der Waals surface area contributed by atoms with Crippen molar-refractivity contribution < 1.29 is 9.84 Å². The van der Waals surface area contributed by atoms with Gasteiger partial charge in [0.25, 0.3) is 0 Å². The van der Waals surface area contributed by atoms with E-state index < -0.39 is 6.23 Å². The topological polar surface area (TPSA) is 41.5 Å². The number of ether oxygens (including phenoxy) is 1. The maximum atomic E-state index is 9.52. The van der Waals surface area contributed by atoms with Gasteiger partial charge in [0.15, 0.2) is 0 Å². The summed E-state index contributed by atoms with van der Waals surface area (Å²) < 4.78 is 5.65. The zero-order chi connectivity index (χ0) is 13.2. The summed E-state index contributed by atoms with van der Waals surface area (Å²) >= 11 is 0. The predicted octanol–water partition coefficient (Wildman–Crippen LogP) is 2.27. The Morgan fingerprint density at radius 1 is 1.37 bits per heavy atom. The number of benzene rings is 1. The lowest BCUT2D eigenvalue weighted by Crippen LogP contribution is -2.27. The van der Waals surface area contributed by atoms with E-state index in [2.05, 4.69) is 23.5 Å². The van der Waals surface area contributed by atoms with E-state index in [4.69, 9.17) is 4.74 Å². The van der Waals surface area contributed by atoms with E-state index >= 15 is 0 Å². The molecule has 0 fully saturated rings. The van der Waals surface area contributed by atoms with E-state index in [1.54, 1.807) is 0 Å². The number of hydrogen-bond donors (Lipinski definition) is 2. The summed E-state index contributed by atoms with van der Waals surface area (Å²) in [5.41, 5.74) is 5.67. The minimum Gasteiger partial charge on any atom is -0.493 e. The van der Waals surface area contributed by atoms with Crippen LogP contribution in [-0.4, -0.2) is 24.5 Å². The van der Waals surface area contributed by atoms with Gasteiger partial charge in [-0.1, -0.05) is 19.1 Å². The number of rotatable bonds is 4. The number of aryl methyl sites for hydroxylation is 1. The van der Waals surface area contributed by atoms with E-state index in [-0.39, 0.29) is 0 Å². The first-order chi connectivity index (χ1) is 9.29. The molecular weight excluding hydrogens is 238 g/mol. The molecular formula is C16H21NO2. The summed E-state index contributed by atoms with van der Waals surface area (Å²) in [6.07, 6.45) is 5.83. The molecule has 19 heavy (non-hydrogen) atoms. The van der Waals surface area contributed by atoms with Gasteiger partial charge in [-0.2, -0.15) is 0 Å². The highest BCUT2D eigenvalue weighted by Gasteiger charge is 2.25. The maximum Gasteiger partial charge on any atom is 0.123 e. The van der Waals surface area contributed by atoms with Crippen molar-refractivity contribution in [2.75, 3.05) is 13.2 Å². The van der Waals surface area contributed by atoms with Crippen LogP contribution in [0.15, 0.2) is 18.2 Å². The SMILES string of the molecule is CCC(O)NC/C=C1\CCc2ccc3c(c21)CCO3. The van der Waals surface area contributed by atoms with Gasteiger partial charge in [0.05, 0.1) is 6.61 Å². The summed E-state index contributed by atoms with van der Waals surface area (Å²) in [5, 5.41) is 12.6. The Balaban J connectivity index is 1.81. The molecule has 1 atom stereocenters. The van der Waals surface area contributed by atoms with Gasteiger partial charge in [-0.15, -0.1) is 0 Å². The van der Waals surface area contributed by atoms with Gasteiger partial charge in [0.1, 0.15) is 12.0 Å². The second-order valence-electron chi connectivity index (χ2n) is 5.24. The Morgan fingerprint density at radius 3 is 3.11 bits per heavy atom. The van der Waals surface area contributed by atoms with E-state index in [1.807, 2.05) is 6.92 Å². The highest BCUT2D eigenvalue weighted by molar-refractivity contribution is 5.77. The minimum atomic E-state index is -0.400. The normalized spacial score (nSPS) is 20.2. The highest BCUT2D eigenvalue weighted by atomic mass is 16.5. The molecule has 1 aromatic carbocycles. The lowest BCUT2D eigenvalue weighted by molar-refractivity contribution is 0.138. The van der Waals surface area contributed by atoms with E-state index in [1.165, 1.54) is 22.3 Å². The molecule has 3 rings (SSSR count). The largest absolute Gasteiger partial charge is 0.493 e. The van der Waals surface area contributed by atoms with E-state index in [9.17, 15) is 5.11 Å². The Kier molecular flexibility index (Phi) is 3.58. The smallest absolute Gasteiger partial charge is 0.123 e. The standard InChI is InChI=1S/C16H21NO2/c1-2-15(18)17-9-7-12-4-3-11-5-6-14-13(16(11)12)8-10-19-14/h5-7,15,17-18H,2-4,8-10H2,1H3/b12-7+. The predicted molar refractivity (Wildman–Crippen MR) is 76.2 cm³/mol. The summed E-state index contributed by atoms with van der Waals surface area (Å²) in [5.74, 6) is 1.06. The molecule has 2 N–H and O–H groups in total. The van der Waals surface area contributed by atoms with Gasteiger partial charge in [0.2, 0.25) is 0 Å². The molecule has 1 unspecified atom stereocenters. The van der Waals surface area contributed by atoms with Crippen LogP contribution in [0.4, 0.5) is 0 Å². The maximum absolute atomic E-state index is 9.52. The third-order valence-corrected chi connectivity index (χ3v) is 4.04. The second kappa shape index (κ2) is 5.35. The molecule has 3 nitrogen and oxygen atoms in total. The number of hydrogen-bond acceptors (Lipinski definition) is 3. The average Bonchev–Trinajstić information content (AvgIpc) is 3.03. The Morgan fingerprint density at radius 2 is 2.26 bits per heavy atom. The highest BCUT2D eigenvalue weighted by Crippen LogP contribution is 2.40. The fraction of sp³-hybridized carbons (Fsp3) is 0.500. The van der Waals surface area contributed by atoms with Crippen molar-refractivity contribution in [3.63, 3.8) is 0 Å². The van der Waals surface area contributed by atoms with Crippen molar-refractivity contribution in [2.24, 2.45) is 0 Å². The number of aliphatic hydroxyl groups excluding tert-OH is 1. The molecule has 1 aromatic rings. The van der Waals surface area contributed by atoms with Crippen LogP contribution in [-0.2, 0) is 12.8 Å². The average molecular weight is 259 g/mol. The third kappa shape index (κ3) is 2.40. The second-order valence-corrected chi connectivity index (χ2v) is 5.24. The van der Waals surface area contributed by atoms with Crippen LogP contribution < -0.4 is 10.1 Å². The summed E-state index contributed by atoms with van der Waals surface area (Å²) in [6, 6.07) is 4.32. The lowest BCUT2D eigenvalue weighted by Gasteiger charge is -2.10. The van der Waals surface area contributed by atoms with Crippen LogP contribution in [0.3, 0.4) is 0 Å². The quantitative estimate of drug-likeness (QED) is 0.815. The molecule has 2 aliphatic rings. The van der Waals surface area contributed by atoms with Crippen molar-refractivity contribution in [1.29, 1.82) is 0 Å². The van der Waals surface area contributed by atoms with Crippen LogP contribution >= 0.6 is 0 Å². The molecule has 0 saturated carbocycles. The van der Waals surface area contributed by atoms with Crippen molar-refractivity contribution >= 4 is 5.57 Å². The molecule has 0 saturated heterocycles. The molecule has 0 amide bonds. The fourth-order valence-electron chi connectivity index (χ4n) is 2.99. The van der Waals surface area contributed by atoms with Crippen molar-refractivity contribution in [3.05, 3.63) is 34.9 Å². The molecule has 1 heterocycles. The van der Waals surface area contributed by atoms with Crippen molar-refractivity contribution in [3.8, 4) is 5.75 Å². The van der Waals surface area contributed by atoms with Gasteiger partial charge in [-0.25, -0.2) is 0 Å². The van der Waals surface area contributed by atoms with Gasteiger partial charge in [-0.05, 0) is 42.0 Å². The molecule has 3 heteroatoms. The van der Waals surface area contributed by atoms with Crippen LogP contribution in [0.25, 0.3) is 5.57 Å². The van der Waals surface area contributed by atoms with Gasteiger partial charge in [0, 0.05) is 18.5 Å². The van der Waals surface area contributed by atoms with Crippen molar-refractivity contribution in [2.45, 2.75) is 38.8 Å². The monoisotopic (exact) mass is 259 g/mol. The molecule has 0 bridgehead atoms. The van der Waals surface area contributed by atoms with Gasteiger partial charge < -0.3 is 9.84 Å². The first kappa shape index (κ1) is 12.7. The fourth-order valence-corrected chi connectivity index (χ4v) is 2.99. The van der Waals surface area contributed by atoms with Crippen LogP contribution in [0.2, 0.25) is 0 Å². The summed E-state index contributed by atoms with van der Waals surface area (Å²) in [6.45, 7) is 3.51. The van der Waals surface area contributed by atoms with Crippen LogP contribution in [0.1, 0.15) is 36.5 Å². The van der Waals surface area contributed by atoms with Crippen molar-refractivity contribution in [1.82, 2.24) is 5.32 Å². The molecule has 102 valence electrons. The Bertz CT molecular complexity index is 508. The Hall–Kier alpha value is -1.32. The summed E-state index contributed by atoms with van der Waals surface area (Å²) in [4.78, 5) is 0. The number of aliphatic hydroxyl groups is 1. The first-order valence-corrected chi connectivity index (χ1v) is 7.18. The van der Waals surface area contributed by atoms with E-state index in [0.717, 1.165) is 44.6 Å². The molecule has 1 aliphatic carbocycles. The number of allylic oxidation sites excluding steroid dienone is 1. The van der Waals surface area contributed by atoms with Crippen LogP contribution in [0, 0.1) is 0 Å². The minimum absolute atomic E-state index is 0.400.